The monoisotopic (exact) mass is 492 g/mol. The van der Waals surface area contributed by atoms with Gasteiger partial charge in [0.1, 0.15) is 18.7 Å². The molecule has 4 rings (SSSR count). The zero-order valence-electron chi connectivity index (χ0n) is 17.0. The first-order valence-corrected chi connectivity index (χ1v) is 11.5. The maximum absolute atomic E-state index is 5.92. The van der Waals surface area contributed by atoms with E-state index in [0.29, 0.717) is 6.61 Å². The molecule has 3 aromatic carbocycles. The normalized spacial score (nSPS) is 11.2. The maximum atomic E-state index is 5.92. The molecule has 0 unspecified atom stereocenters. The van der Waals surface area contributed by atoms with E-state index in [2.05, 4.69) is 62.4 Å². The Bertz CT molecular complexity index is 1160. The van der Waals surface area contributed by atoms with Gasteiger partial charge in [-0.2, -0.15) is 9.78 Å². The molecule has 0 spiro atoms. The van der Waals surface area contributed by atoms with Gasteiger partial charge in [0.15, 0.2) is 0 Å². The van der Waals surface area contributed by atoms with Gasteiger partial charge in [-0.3, -0.25) is 0 Å². The molecule has 31 heavy (non-hydrogen) atoms. The van der Waals surface area contributed by atoms with E-state index < -0.39 is 0 Å². The Balaban J connectivity index is 1.37. The molecule has 1 aromatic heterocycles. The minimum atomic E-state index is 0.513. The predicted molar refractivity (Wildman–Crippen MR) is 129 cm³/mol. The van der Waals surface area contributed by atoms with Gasteiger partial charge < -0.3 is 4.74 Å². The summed E-state index contributed by atoms with van der Waals surface area (Å²) in [5.41, 5.74) is 4.55. The third-order valence-electron chi connectivity index (χ3n) is 4.50. The highest BCUT2D eigenvalue weighted by atomic mass is 79.9. The number of hydrogen-bond acceptors (Lipinski definition) is 5. The van der Waals surface area contributed by atoms with Crippen molar-refractivity contribution in [3.63, 3.8) is 0 Å². The summed E-state index contributed by atoms with van der Waals surface area (Å²) in [4.78, 5) is 0. The highest BCUT2D eigenvalue weighted by molar-refractivity contribution is 9.10. The van der Waals surface area contributed by atoms with Crippen LogP contribution >= 0.6 is 27.7 Å². The van der Waals surface area contributed by atoms with E-state index in [-0.39, 0.29) is 0 Å². The minimum Gasteiger partial charge on any atom is -0.489 e. The van der Waals surface area contributed by atoms with E-state index in [9.17, 15) is 0 Å². The first-order chi connectivity index (χ1) is 15.2. The Labute approximate surface area is 194 Å². The molecule has 0 aliphatic heterocycles. The average Bonchev–Trinajstić information content (AvgIpc) is 3.25. The average molecular weight is 493 g/mol. The largest absolute Gasteiger partial charge is 0.489 e. The van der Waals surface area contributed by atoms with Crippen molar-refractivity contribution in [2.75, 3.05) is 0 Å². The first kappa shape index (κ1) is 21.3. The van der Waals surface area contributed by atoms with E-state index in [1.54, 1.807) is 29.0 Å². The fourth-order valence-electron chi connectivity index (χ4n) is 2.79. The van der Waals surface area contributed by atoms with Crippen molar-refractivity contribution in [1.29, 1.82) is 0 Å². The highest BCUT2D eigenvalue weighted by Gasteiger charge is 2.05. The summed E-state index contributed by atoms with van der Waals surface area (Å²) in [6.07, 6.45) is 3.40. The molecular formula is C24H21BrN4OS. The summed E-state index contributed by atoms with van der Waals surface area (Å²) in [5, 5.41) is 13.4. The SMILES string of the molecule is Cc1ccc(CSc2nncn2/N=C\c2cccc(OCc3ccc(Br)cc3)c2)cc1. The van der Waals surface area contributed by atoms with Gasteiger partial charge in [0.25, 0.3) is 0 Å². The Morgan fingerprint density at radius 3 is 2.61 bits per heavy atom. The number of rotatable bonds is 8. The lowest BCUT2D eigenvalue weighted by atomic mass is 10.2. The summed E-state index contributed by atoms with van der Waals surface area (Å²) in [7, 11) is 0. The topological polar surface area (TPSA) is 52.3 Å². The minimum absolute atomic E-state index is 0.513. The number of aryl methyl sites for hydroxylation is 1. The second kappa shape index (κ2) is 10.4. The number of ether oxygens (including phenoxy) is 1. The molecule has 4 aromatic rings. The quantitative estimate of drug-likeness (QED) is 0.220. The molecule has 0 atom stereocenters. The first-order valence-electron chi connectivity index (χ1n) is 9.76. The van der Waals surface area contributed by atoms with Crippen LogP contribution in [0.4, 0.5) is 0 Å². The van der Waals surface area contributed by atoms with Crippen molar-refractivity contribution >= 4 is 33.9 Å². The van der Waals surface area contributed by atoms with Gasteiger partial charge in [-0.1, -0.05) is 81.8 Å². The number of aromatic nitrogens is 3. The molecule has 156 valence electrons. The Morgan fingerprint density at radius 1 is 1.03 bits per heavy atom. The van der Waals surface area contributed by atoms with Gasteiger partial charge >= 0.3 is 0 Å². The van der Waals surface area contributed by atoms with Crippen molar-refractivity contribution < 1.29 is 4.74 Å². The maximum Gasteiger partial charge on any atom is 0.212 e. The molecule has 0 aliphatic carbocycles. The number of nitrogens with zero attached hydrogens (tertiary/aromatic N) is 4. The van der Waals surface area contributed by atoms with Crippen LogP contribution in [0.2, 0.25) is 0 Å². The van der Waals surface area contributed by atoms with Crippen LogP contribution in [0, 0.1) is 6.92 Å². The summed E-state index contributed by atoms with van der Waals surface area (Å²) in [6.45, 7) is 2.60. The molecule has 0 fully saturated rings. The zero-order valence-corrected chi connectivity index (χ0v) is 19.4. The van der Waals surface area contributed by atoms with E-state index >= 15 is 0 Å². The number of hydrogen-bond donors (Lipinski definition) is 0. The molecule has 0 radical (unpaired) electrons. The molecule has 1 heterocycles. The molecule has 0 saturated heterocycles. The summed E-state index contributed by atoms with van der Waals surface area (Å²) >= 11 is 5.05. The summed E-state index contributed by atoms with van der Waals surface area (Å²) < 4.78 is 8.66. The molecule has 5 nitrogen and oxygen atoms in total. The third kappa shape index (κ3) is 6.29. The molecule has 0 saturated carbocycles. The van der Waals surface area contributed by atoms with Crippen molar-refractivity contribution in [1.82, 2.24) is 14.9 Å². The van der Waals surface area contributed by atoms with Crippen molar-refractivity contribution in [2.45, 2.75) is 24.4 Å². The molecule has 0 N–H and O–H groups in total. The molecular weight excluding hydrogens is 472 g/mol. The van der Waals surface area contributed by atoms with Gasteiger partial charge in [0.2, 0.25) is 5.16 Å². The summed E-state index contributed by atoms with van der Waals surface area (Å²) in [6, 6.07) is 24.4. The van der Waals surface area contributed by atoms with E-state index in [1.807, 2.05) is 48.5 Å². The third-order valence-corrected chi connectivity index (χ3v) is 6.03. The lowest BCUT2D eigenvalue weighted by Gasteiger charge is -2.07. The van der Waals surface area contributed by atoms with Crippen molar-refractivity contribution in [3.05, 3.63) is 106 Å². The Morgan fingerprint density at radius 2 is 1.81 bits per heavy atom. The van der Waals surface area contributed by atoms with Crippen molar-refractivity contribution in [2.24, 2.45) is 5.10 Å². The van der Waals surface area contributed by atoms with Gasteiger partial charge in [-0.25, -0.2) is 0 Å². The fourth-order valence-corrected chi connectivity index (χ4v) is 3.87. The number of benzene rings is 3. The lowest BCUT2D eigenvalue weighted by Crippen LogP contribution is -1.96. The highest BCUT2D eigenvalue weighted by Crippen LogP contribution is 2.21. The van der Waals surface area contributed by atoms with Crippen LogP contribution in [0.1, 0.15) is 22.3 Å². The second-order valence-electron chi connectivity index (χ2n) is 6.96. The Kier molecular flexibility index (Phi) is 7.17. The van der Waals surface area contributed by atoms with Crippen LogP contribution in [0.3, 0.4) is 0 Å². The predicted octanol–water partition coefficient (Wildman–Crippen LogP) is 6.10. The van der Waals surface area contributed by atoms with E-state index in [0.717, 1.165) is 32.3 Å². The van der Waals surface area contributed by atoms with Crippen LogP contribution in [-0.4, -0.2) is 21.1 Å². The molecule has 0 amide bonds. The van der Waals surface area contributed by atoms with Crippen LogP contribution in [0.25, 0.3) is 0 Å². The van der Waals surface area contributed by atoms with Gasteiger partial charge in [-0.05, 0) is 47.9 Å². The van der Waals surface area contributed by atoms with Gasteiger partial charge in [0, 0.05) is 10.2 Å². The van der Waals surface area contributed by atoms with Crippen molar-refractivity contribution in [3.8, 4) is 5.75 Å². The van der Waals surface area contributed by atoms with Crippen LogP contribution in [0.15, 0.2) is 93.9 Å². The smallest absolute Gasteiger partial charge is 0.212 e. The van der Waals surface area contributed by atoms with Crippen LogP contribution in [-0.2, 0) is 12.4 Å². The fraction of sp³-hybridized carbons (Fsp3) is 0.125. The molecule has 7 heteroatoms. The van der Waals surface area contributed by atoms with E-state index in [4.69, 9.17) is 4.74 Å². The second-order valence-corrected chi connectivity index (χ2v) is 8.82. The lowest BCUT2D eigenvalue weighted by molar-refractivity contribution is 0.306. The van der Waals surface area contributed by atoms with Gasteiger partial charge in [0.05, 0.1) is 6.21 Å². The number of halogens is 1. The molecule has 0 aliphatic rings. The van der Waals surface area contributed by atoms with E-state index in [1.165, 1.54) is 11.1 Å². The summed E-state index contributed by atoms with van der Waals surface area (Å²) in [5.74, 6) is 1.61. The number of thioether (sulfide) groups is 1. The van der Waals surface area contributed by atoms with Crippen LogP contribution in [0.5, 0.6) is 5.75 Å². The van der Waals surface area contributed by atoms with Gasteiger partial charge in [-0.15, -0.1) is 10.2 Å². The zero-order chi connectivity index (χ0) is 21.5. The molecule has 0 bridgehead atoms. The standard InChI is InChI=1S/C24H21BrN4OS/c1-18-5-7-20(8-6-18)16-31-24-28-26-17-29(24)27-14-21-3-2-4-23(13-21)30-15-19-9-11-22(25)12-10-19/h2-14,17H,15-16H2,1H3/b27-14-. The Hall–Kier alpha value is -2.90. The van der Waals surface area contributed by atoms with Crippen LogP contribution < -0.4 is 4.74 Å².